The van der Waals surface area contributed by atoms with Crippen molar-refractivity contribution in [3.8, 4) is 5.75 Å². The molecule has 0 bridgehead atoms. The van der Waals surface area contributed by atoms with E-state index in [-0.39, 0.29) is 29.9 Å². The molecule has 0 saturated carbocycles. The van der Waals surface area contributed by atoms with Crippen molar-refractivity contribution < 1.29 is 22.7 Å². The molecule has 0 spiro atoms. The summed E-state index contributed by atoms with van der Waals surface area (Å²) in [6.45, 7) is 4.61. The third-order valence-corrected chi connectivity index (χ3v) is 4.34. The van der Waals surface area contributed by atoms with Crippen LogP contribution in [0.3, 0.4) is 0 Å². The van der Waals surface area contributed by atoms with Crippen molar-refractivity contribution in [3.63, 3.8) is 0 Å². The fraction of sp³-hybridized carbons (Fsp3) is 0.588. The highest BCUT2D eigenvalue weighted by molar-refractivity contribution is 5.76. The summed E-state index contributed by atoms with van der Waals surface area (Å²) in [6, 6.07) is 5.91. The number of benzene rings is 1. The number of piperidine rings is 1. The minimum atomic E-state index is -4.73. The summed E-state index contributed by atoms with van der Waals surface area (Å²) >= 11 is 0. The smallest absolute Gasteiger partial charge is 0.406 e. The van der Waals surface area contributed by atoms with Crippen molar-refractivity contribution in [2.24, 2.45) is 5.41 Å². The Morgan fingerprint density at radius 2 is 1.96 bits per heavy atom. The van der Waals surface area contributed by atoms with Gasteiger partial charge in [0.2, 0.25) is 5.91 Å². The van der Waals surface area contributed by atoms with Crippen LogP contribution in [0.5, 0.6) is 5.75 Å². The van der Waals surface area contributed by atoms with Crippen LogP contribution < -0.4 is 15.4 Å². The maximum absolute atomic E-state index is 12.4. The van der Waals surface area contributed by atoms with E-state index in [0.29, 0.717) is 12.1 Å². The lowest BCUT2D eigenvalue weighted by atomic mass is 9.81. The molecule has 1 aliphatic heterocycles. The molecule has 0 radical (unpaired) electrons. The molecule has 24 heavy (non-hydrogen) atoms. The lowest BCUT2D eigenvalue weighted by Crippen LogP contribution is -2.42. The summed E-state index contributed by atoms with van der Waals surface area (Å²) in [7, 11) is 0. The number of amides is 1. The zero-order valence-corrected chi connectivity index (χ0v) is 13.7. The summed E-state index contributed by atoms with van der Waals surface area (Å²) in [6.07, 6.45) is -2.41. The van der Waals surface area contributed by atoms with Crippen molar-refractivity contribution in [2.45, 2.75) is 39.0 Å². The summed E-state index contributed by atoms with van der Waals surface area (Å²) in [5.41, 5.74) is 0.455. The molecule has 134 valence electrons. The molecule has 1 saturated heterocycles. The molecule has 2 N–H and O–H groups in total. The van der Waals surface area contributed by atoms with Crippen LogP contribution in [0.25, 0.3) is 0 Å². The zero-order chi connectivity index (χ0) is 17.6. The van der Waals surface area contributed by atoms with Gasteiger partial charge in [0.1, 0.15) is 5.75 Å². The maximum atomic E-state index is 12.4. The second-order valence-electron chi connectivity index (χ2n) is 6.49. The fourth-order valence-corrected chi connectivity index (χ4v) is 2.79. The second-order valence-corrected chi connectivity index (χ2v) is 6.49. The van der Waals surface area contributed by atoms with Gasteiger partial charge in [0, 0.05) is 13.0 Å². The topological polar surface area (TPSA) is 50.4 Å². The van der Waals surface area contributed by atoms with Crippen molar-refractivity contribution in [2.75, 3.05) is 19.6 Å². The molecule has 0 unspecified atom stereocenters. The van der Waals surface area contributed by atoms with Crippen LogP contribution >= 0.6 is 0 Å². The van der Waals surface area contributed by atoms with Gasteiger partial charge < -0.3 is 15.4 Å². The van der Waals surface area contributed by atoms with Crippen LogP contribution in [0.1, 0.15) is 31.7 Å². The van der Waals surface area contributed by atoms with Crippen molar-refractivity contribution >= 4 is 5.91 Å². The van der Waals surface area contributed by atoms with Crippen molar-refractivity contribution in [3.05, 3.63) is 29.8 Å². The average Bonchev–Trinajstić information content (AvgIpc) is 2.51. The lowest BCUT2D eigenvalue weighted by molar-refractivity contribution is -0.274. The molecule has 1 fully saturated rings. The van der Waals surface area contributed by atoms with Crippen LogP contribution in [0.2, 0.25) is 0 Å². The molecule has 0 aliphatic carbocycles. The fourth-order valence-electron chi connectivity index (χ4n) is 2.79. The number of hydrogen-bond acceptors (Lipinski definition) is 3. The van der Waals surface area contributed by atoms with Gasteiger partial charge in [0.25, 0.3) is 0 Å². The van der Waals surface area contributed by atoms with Crippen LogP contribution in [0, 0.1) is 5.41 Å². The van der Waals surface area contributed by atoms with Gasteiger partial charge in [-0.15, -0.1) is 13.2 Å². The first-order valence-corrected chi connectivity index (χ1v) is 8.09. The third kappa shape index (κ3) is 6.03. The standard InChI is InChI=1S/C17H23F3N2O2/c1-16(8-10-21-11-9-16)12-22-15(23)7-6-13-4-2-3-5-14(13)24-17(18,19)20/h2-5,21H,6-12H2,1H3,(H,22,23). The normalized spacial score (nSPS) is 17.3. The summed E-state index contributed by atoms with van der Waals surface area (Å²) < 4.78 is 41.1. The predicted molar refractivity (Wildman–Crippen MR) is 84.7 cm³/mol. The van der Waals surface area contributed by atoms with E-state index >= 15 is 0 Å². The molecule has 1 heterocycles. The van der Waals surface area contributed by atoms with Gasteiger partial charge in [-0.25, -0.2) is 0 Å². The van der Waals surface area contributed by atoms with E-state index in [4.69, 9.17) is 0 Å². The molecule has 1 aliphatic rings. The molecule has 1 aromatic rings. The minimum Gasteiger partial charge on any atom is -0.406 e. The molecule has 2 rings (SSSR count). The van der Waals surface area contributed by atoms with E-state index < -0.39 is 6.36 Å². The Bertz CT molecular complexity index is 555. The van der Waals surface area contributed by atoms with Gasteiger partial charge >= 0.3 is 6.36 Å². The maximum Gasteiger partial charge on any atom is 0.573 e. The molecule has 0 aromatic heterocycles. The number of rotatable bonds is 6. The van der Waals surface area contributed by atoms with Gasteiger partial charge in [0.15, 0.2) is 0 Å². The Hall–Kier alpha value is -1.76. The van der Waals surface area contributed by atoms with Gasteiger partial charge in [-0.3, -0.25) is 4.79 Å². The molecule has 0 atom stereocenters. The first kappa shape index (κ1) is 18.6. The Kier molecular flexibility index (Phi) is 6.10. The molecule has 1 aromatic carbocycles. The van der Waals surface area contributed by atoms with E-state index in [9.17, 15) is 18.0 Å². The van der Waals surface area contributed by atoms with Gasteiger partial charge in [-0.05, 0) is 49.4 Å². The van der Waals surface area contributed by atoms with Crippen LogP contribution in [-0.4, -0.2) is 31.9 Å². The van der Waals surface area contributed by atoms with Crippen LogP contribution in [-0.2, 0) is 11.2 Å². The van der Waals surface area contributed by atoms with E-state index in [1.54, 1.807) is 12.1 Å². The van der Waals surface area contributed by atoms with E-state index in [2.05, 4.69) is 22.3 Å². The Morgan fingerprint density at radius 1 is 1.29 bits per heavy atom. The number of hydrogen-bond donors (Lipinski definition) is 2. The van der Waals surface area contributed by atoms with E-state index in [0.717, 1.165) is 25.9 Å². The van der Waals surface area contributed by atoms with E-state index in [1.807, 2.05) is 0 Å². The van der Waals surface area contributed by atoms with Crippen molar-refractivity contribution in [1.29, 1.82) is 0 Å². The number of para-hydroxylation sites is 1. The molecule has 7 heteroatoms. The molecule has 4 nitrogen and oxygen atoms in total. The lowest BCUT2D eigenvalue weighted by Gasteiger charge is -2.34. The number of ether oxygens (including phenoxy) is 1. The highest BCUT2D eigenvalue weighted by Gasteiger charge is 2.32. The Balaban J connectivity index is 1.83. The number of carbonyl (C=O) groups excluding carboxylic acids is 1. The number of carbonyl (C=O) groups is 1. The summed E-state index contributed by atoms with van der Waals surface area (Å²) in [4.78, 5) is 12.0. The second kappa shape index (κ2) is 7.88. The first-order valence-electron chi connectivity index (χ1n) is 8.09. The monoisotopic (exact) mass is 344 g/mol. The van der Waals surface area contributed by atoms with E-state index in [1.165, 1.54) is 12.1 Å². The third-order valence-electron chi connectivity index (χ3n) is 4.34. The highest BCUT2D eigenvalue weighted by atomic mass is 19.4. The number of halogens is 3. The molecular weight excluding hydrogens is 321 g/mol. The zero-order valence-electron chi connectivity index (χ0n) is 13.7. The Morgan fingerprint density at radius 3 is 2.62 bits per heavy atom. The Labute approximate surface area is 139 Å². The molecular formula is C17H23F3N2O2. The largest absolute Gasteiger partial charge is 0.573 e. The van der Waals surface area contributed by atoms with Crippen molar-refractivity contribution in [1.82, 2.24) is 10.6 Å². The highest BCUT2D eigenvalue weighted by Crippen LogP contribution is 2.28. The quantitative estimate of drug-likeness (QED) is 0.834. The number of alkyl halides is 3. The SMILES string of the molecule is CC1(CNC(=O)CCc2ccccc2OC(F)(F)F)CCNCC1. The van der Waals surface area contributed by atoms with Gasteiger partial charge in [-0.2, -0.15) is 0 Å². The number of nitrogens with one attached hydrogen (secondary N) is 2. The average molecular weight is 344 g/mol. The van der Waals surface area contributed by atoms with Crippen LogP contribution in [0.15, 0.2) is 24.3 Å². The first-order chi connectivity index (χ1) is 11.3. The van der Waals surface area contributed by atoms with Gasteiger partial charge in [-0.1, -0.05) is 25.1 Å². The predicted octanol–water partition coefficient (Wildman–Crippen LogP) is 3.02. The summed E-state index contributed by atoms with van der Waals surface area (Å²) in [5, 5.41) is 6.18. The van der Waals surface area contributed by atoms with Gasteiger partial charge in [0.05, 0.1) is 0 Å². The molecule has 1 amide bonds. The van der Waals surface area contributed by atoms with Crippen LogP contribution in [0.4, 0.5) is 13.2 Å². The minimum absolute atomic E-state index is 0.0816. The number of aryl methyl sites for hydroxylation is 1. The summed E-state index contributed by atoms with van der Waals surface area (Å²) in [5.74, 6) is -0.403.